The molecule has 2 aromatic carbocycles. The fourth-order valence-electron chi connectivity index (χ4n) is 4.16. The zero-order valence-electron chi connectivity index (χ0n) is 21.5. The van der Waals surface area contributed by atoms with E-state index in [1.165, 1.54) is 16.5 Å². The summed E-state index contributed by atoms with van der Waals surface area (Å²) in [5.74, 6) is 0.0131. The van der Waals surface area contributed by atoms with Crippen LogP contribution in [0.15, 0.2) is 54.7 Å². The van der Waals surface area contributed by atoms with Gasteiger partial charge in [0.1, 0.15) is 0 Å². The lowest BCUT2D eigenvalue weighted by atomic mass is 9.91. The first-order valence-corrected chi connectivity index (χ1v) is 12.2. The number of para-hydroxylation sites is 1. The molecule has 2 amide bonds. The first kappa shape index (κ1) is 25.5. The number of hydrogen-bond acceptors (Lipinski definition) is 2. The maximum atomic E-state index is 13.5. The number of carbonyl (C=O) groups excluding carboxylic acids is 2. The summed E-state index contributed by atoms with van der Waals surface area (Å²) in [5.41, 5.74) is 4.47. The number of aromatic amines is 1. The molecule has 0 radical (unpaired) electrons. The van der Waals surface area contributed by atoms with Gasteiger partial charge in [-0.3, -0.25) is 9.59 Å². The van der Waals surface area contributed by atoms with Gasteiger partial charge in [-0.2, -0.15) is 0 Å². The number of amides is 2. The summed E-state index contributed by atoms with van der Waals surface area (Å²) in [6.45, 7) is 13.4. The molecular formula is C29H39N3O2. The Labute approximate surface area is 204 Å². The molecule has 5 nitrogen and oxygen atoms in total. The van der Waals surface area contributed by atoms with Gasteiger partial charge in [-0.1, -0.05) is 68.8 Å². The predicted molar refractivity (Wildman–Crippen MR) is 140 cm³/mol. The van der Waals surface area contributed by atoms with E-state index in [1.807, 2.05) is 37.1 Å². The SMILES string of the molecule is Cc1ccc(CN(CCc2c[nH]c3ccccc23)C(=O)CN(C(=O)CC(C)(C)C)C(C)C)cc1. The maximum Gasteiger partial charge on any atom is 0.242 e. The number of hydrogen-bond donors (Lipinski definition) is 1. The van der Waals surface area contributed by atoms with Crippen molar-refractivity contribution < 1.29 is 9.59 Å². The van der Waals surface area contributed by atoms with Gasteiger partial charge in [0, 0.05) is 42.7 Å². The Hall–Kier alpha value is -3.08. The van der Waals surface area contributed by atoms with E-state index in [2.05, 4.69) is 69.1 Å². The molecule has 5 heteroatoms. The van der Waals surface area contributed by atoms with Crippen molar-refractivity contribution in [3.8, 4) is 0 Å². The quantitative estimate of drug-likeness (QED) is 0.443. The van der Waals surface area contributed by atoms with E-state index < -0.39 is 0 Å². The summed E-state index contributed by atoms with van der Waals surface area (Å²) in [6.07, 6.45) is 3.21. The first-order chi connectivity index (χ1) is 16.0. The molecule has 182 valence electrons. The van der Waals surface area contributed by atoms with E-state index in [1.54, 1.807) is 4.90 Å². The topological polar surface area (TPSA) is 56.4 Å². The number of carbonyl (C=O) groups is 2. The predicted octanol–water partition coefficient (Wildman–Crippen LogP) is 5.72. The highest BCUT2D eigenvalue weighted by atomic mass is 16.2. The molecule has 3 rings (SSSR count). The average molecular weight is 462 g/mol. The van der Waals surface area contributed by atoms with Crippen molar-refractivity contribution in [2.45, 2.75) is 67.0 Å². The lowest BCUT2D eigenvalue weighted by molar-refractivity contribution is -0.143. The molecule has 0 saturated heterocycles. The number of benzene rings is 2. The van der Waals surface area contributed by atoms with Gasteiger partial charge in [0.05, 0.1) is 6.54 Å². The van der Waals surface area contributed by atoms with Gasteiger partial charge in [0.15, 0.2) is 0 Å². The average Bonchev–Trinajstić information content (AvgIpc) is 3.17. The fraction of sp³-hybridized carbons (Fsp3) is 0.448. The van der Waals surface area contributed by atoms with Crippen LogP contribution in [0.3, 0.4) is 0 Å². The molecule has 0 spiro atoms. The Bertz CT molecular complexity index is 1110. The van der Waals surface area contributed by atoms with Crippen LogP contribution in [0.4, 0.5) is 0 Å². The second kappa shape index (κ2) is 10.9. The van der Waals surface area contributed by atoms with E-state index in [0.717, 1.165) is 17.5 Å². The lowest BCUT2D eigenvalue weighted by Crippen LogP contribution is -2.46. The minimum atomic E-state index is -0.121. The summed E-state index contributed by atoms with van der Waals surface area (Å²) in [6, 6.07) is 16.5. The van der Waals surface area contributed by atoms with Crippen molar-refractivity contribution in [2.24, 2.45) is 5.41 Å². The van der Waals surface area contributed by atoms with Gasteiger partial charge in [-0.15, -0.1) is 0 Å². The summed E-state index contributed by atoms with van der Waals surface area (Å²) < 4.78 is 0. The number of nitrogens with one attached hydrogen (secondary N) is 1. The molecule has 1 N–H and O–H groups in total. The van der Waals surface area contributed by atoms with Crippen LogP contribution in [0.25, 0.3) is 10.9 Å². The molecule has 0 saturated carbocycles. The number of aryl methyl sites for hydroxylation is 1. The second-order valence-electron chi connectivity index (χ2n) is 10.8. The van der Waals surface area contributed by atoms with Crippen molar-refractivity contribution >= 4 is 22.7 Å². The summed E-state index contributed by atoms with van der Waals surface area (Å²) >= 11 is 0. The molecule has 0 aliphatic rings. The Morgan fingerprint density at radius 1 is 0.971 bits per heavy atom. The third-order valence-electron chi connectivity index (χ3n) is 6.10. The Morgan fingerprint density at radius 2 is 1.65 bits per heavy atom. The van der Waals surface area contributed by atoms with Crippen molar-refractivity contribution in [3.05, 3.63) is 71.4 Å². The zero-order valence-corrected chi connectivity index (χ0v) is 21.5. The molecule has 34 heavy (non-hydrogen) atoms. The minimum absolute atomic E-state index is 0.0172. The Morgan fingerprint density at radius 3 is 2.29 bits per heavy atom. The van der Waals surface area contributed by atoms with Crippen LogP contribution in [-0.4, -0.2) is 45.7 Å². The van der Waals surface area contributed by atoms with Crippen LogP contribution >= 0.6 is 0 Å². The van der Waals surface area contributed by atoms with Crippen LogP contribution in [0, 0.1) is 12.3 Å². The van der Waals surface area contributed by atoms with Crippen LogP contribution < -0.4 is 0 Å². The lowest BCUT2D eigenvalue weighted by Gasteiger charge is -2.32. The number of fused-ring (bicyclic) bond motifs is 1. The molecular weight excluding hydrogens is 422 g/mol. The molecule has 1 aromatic heterocycles. The first-order valence-electron chi connectivity index (χ1n) is 12.2. The smallest absolute Gasteiger partial charge is 0.242 e. The number of H-pyrrole nitrogens is 1. The standard InChI is InChI=1S/C29H39N3O2/c1-21(2)32(27(33)17-29(4,5)6)20-28(34)31(19-23-13-11-22(3)12-14-23)16-15-24-18-30-26-10-8-7-9-25(24)26/h7-14,18,21,30H,15-17,19-20H2,1-6H3. The molecule has 0 aliphatic heterocycles. The van der Waals surface area contributed by atoms with Gasteiger partial charge in [-0.25, -0.2) is 0 Å². The van der Waals surface area contributed by atoms with Gasteiger partial charge in [-0.05, 0) is 49.8 Å². The second-order valence-corrected chi connectivity index (χ2v) is 10.8. The van der Waals surface area contributed by atoms with E-state index in [9.17, 15) is 9.59 Å². The molecule has 3 aromatic rings. The Balaban J connectivity index is 1.78. The Kier molecular flexibility index (Phi) is 8.19. The summed E-state index contributed by atoms with van der Waals surface area (Å²) in [7, 11) is 0. The van der Waals surface area contributed by atoms with E-state index >= 15 is 0 Å². The normalized spacial score (nSPS) is 11.7. The molecule has 1 heterocycles. The highest BCUT2D eigenvalue weighted by Gasteiger charge is 2.27. The molecule has 0 unspecified atom stereocenters. The molecule has 0 aliphatic carbocycles. The van der Waals surface area contributed by atoms with Gasteiger partial charge in [0.2, 0.25) is 11.8 Å². The van der Waals surface area contributed by atoms with E-state index in [0.29, 0.717) is 19.5 Å². The highest BCUT2D eigenvalue weighted by Crippen LogP contribution is 2.22. The van der Waals surface area contributed by atoms with Crippen molar-refractivity contribution in [2.75, 3.05) is 13.1 Å². The minimum Gasteiger partial charge on any atom is -0.361 e. The summed E-state index contributed by atoms with van der Waals surface area (Å²) in [4.78, 5) is 33.5. The highest BCUT2D eigenvalue weighted by molar-refractivity contribution is 5.86. The molecule has 0 atom stereocenters. The van der Waals surface area contributed by atoms with Crippen LogP contribution in [0.1, 0.15) is 57.7 Å². The van der Waals surface area contributed by atoms with Crippen LogP contribution in [-0.2, 0) is 22.6 Å². The third-order valence-corrected chi connectivity index (χ3v) is 6.10. The third kappa shape index (κ3) is 6.96. The van der Waals surface area contributed by atoms with E-state index in [4.69, 9.17) is 0 Å². The van der Waals surface area contributed by atoms with Crippen LogP contribution in [0.5, 0.6) is 0 Å². The van der Waals surface area contributed by atoms with Gasteiger partial charge in [0.25, 0.3) is 0 Å². The number of rotatable bonds is 9. The molecule has 0 bridgehead atoms. The van der Waals surface area contributed by atoms with Crippen molar-refractivity contribution in [3.63, 3.8) is 0 Å². The largest absolute Gasteiger partial charge is 0.361 e. The van der Waals surface area contributed by atoms with Gasteiger partial charge < -0.3 is 14.8 Å². The maximum absolute atomic E-state index is 13.5. The zero-order chi connectivity index (χ0) is 24.9. The van der Waals surface area contributed by atoms with Crippen LogP contribution in [0.2, 0.25) is 0 Å². The number of nitrogens with zero attached hydrogens (tertiary/aromatic N) is 2. The molecule has 0 fully saturated rings. The van der Waals surface area contributed by atoms with Crippen molar-refractivity contribution in [1.29, 1.82) is 0 Å². The van der Waals surface area contributed by atoms with Crippen molar-refractivity contribution in [1.82, 2.24) is 14.8 Å². The summed E-state index contributed by atoms with van der Waals surface area (Å²) in [5, 5.41) is 1.19. The van der Waals surface area contributed by atoms with Gasteiger partial charge >= 0.3 is 0 Å². The van der Waals surface area contributed by atoms with E-state index in [-0.39, 0.29) is 29.8 Å². The number of aromatic nitrogens is 1. The monoisotopic (exact) mass is 461 g/mol. The fourth-order valence-corrected chi connectivity index (χ4v) is 4.16.